The first-order valence-corrected chi connectivity index (χ1v) is 14.9. The molecule has 1 fully saturated rings. The second-order valence-corrected chi connectivity index (χ2v) is 11.7. The van der Waals surface area contributed by atoms with Crippen LogP contribution in [0.4, 0.5) is 0 Å². The van der Waals surface area contributed by atoms with Crippen LogP contribution in [-0.2, 0) is 30.3 Å². The molecule has 2 aromatic rings. The molecule has 4 atom stereocenters. The van der Waals surface area contributed by atoms with Crippen molar-refractivity contribution < 1.29 is 29.0 Å². The van der Waals surface area contributed by atoms with Gasteiger partial charge in [0.05, 0.1) is 10.9 Å². The highest BCUT2D eigenvalue weighted by Crippen LogP contribution is 2.27. The fourth-order valence-corrected chi connectivity index (χ4v) is 4.91. The lowest BCUT2D eigenvalue weighted by molar-refractivity contribution is -0.148. The van der Waals surface area contributed by atoms with Crippen molar-refractivity contribution in [3.8, 4) is 0 Å². The third-order valence-corrected chi connectivity index (χ3v) is 7.84. The van der Waals surface area contributed by atoms with Crippen LogP contribution in [0.3, 0.4) is 0 Å². The zero-order valence-electron chi connectivity index (χ0n) is 26.0. The SMILES string of the molecule is CCc1ccc2ccc(/C=C/C(C)(CCOC)C(=O)NC(C(=O)NC(C)C(=O)N3CCCC(C(=O)O)N3)C(C)C)cc2n1. The number of methoxy groups -OCH3 is 1. The minimum absolute atomic E-state index is 0.272. The molecule has 11 heteroatoms. The van der Waals surface area contributed by atoms with Gasteiger partial charge in [-0.2, -0.15) is 0 Å². The lowest BCUT2D eigenvalue weighted by Gasteiger charge is -2.34. The number of rotatable bonds is 13. The van der Waals surface area contributed by atoms with Crippen LogP contribution in [0.25, 0.3) is 17.0 Å². The van der Waals surface area contributed by atoms with Crippen LogP contribution in [-0.4, -0.2) is 77.2 Å². The number of benzene rings is 1. The summed E-state index contributed by atoms with van der Waals surface area (Å²) in [5.41, 5.74) is 4.49. The van der Waals surface area contributed by atoms with Gasteiger partial charge in [-0.05, 0) is 63.1 Å². The summed E-state index contributed by atoms with van der Waals surface area (Å²) in [5, 5.41) is 17.2. The van der Waals surface area contributed by atoms with Gasteiger partial charge in [0.15, 0.2) is 0 Å². The fraction of sp³-hybridized carbons (Fsp3) is 0.531. The summed E-state index contributed by atoms with van der Waals surface area (Å²) in [7, 11) is 1.57. The number of hydrazine groups is 1. The van der Waals surface area contributed by atoms with Crippen molar-refractivity contribution in [2.24, 2.45) is 11.3 Å². The number of fused-ring (bicyclic) bond motifs is 1. The molecule has 11 nitrogen and oxygen atoms in total. The standard InChI is InChI=1S/C32H45N5O6/c1-7-24-13-12-23-11-10-22(19-26(23)34-24)14-15-32(5,16-18-43-6)31(42)35-27(20(2)3)28(38)33-21(4)29(39)37-17-8-9-25(36-37)30(40)41/h10-15,19-21,25,27,36H,7-9,16-18H2,1-6H3,(H,33,38)(H,35,42)(H,40,41)/b15-14+. The number of hydrogen-bond donors (Lipinski definition) is 4. The second kappa shape index (κ2) is 15.1. The summed E-state index contributed by atoms with van der Waals surface area (Å²) in [6, 6.07) is 7.32. The molecule has 2 heterocycles. The number of nitrogens with one attached hydrogen (secondary N) is 3. The summed E-state index contributed by atoms with van der Waals surface area (Å²) in [4.78, 5) is 56.1. The third-order valence-electron chi connectivity index (χ3n) is 7.84. The Hall–Kier alpha value is -3.83. The van der Waals surface area contributed by atoms with Crippen molar-refractivity contribution in [1.29, 1.82) is 0 Å². The molecule has 0 radical (unpaired) electrons. The van der Waals surface area contributed by atoms with E-state index in [9.17, 15) is 24.3 Å². The number of aromatic nitrogens is 1. The van der Waals surface area contributed by atoms with Crippen molar-refractivity contribution in [1.82, 2.24) is 26.1 Å². The molecule has 1 saturated heterocycles. The maximum atomic E-state index is 13.7. The highest BCUT2D eigenvalue weighted by molar-refractivity contribution is 5.94. The van der Waals surface area contributed by atoms with Gasteiger partial charge in [0, 0.05) is 31.3 Å². The quantitative estimate of drug-likeness (QED) is 0.276. The van der Waals surface area contributed by atoms with E-state index >= 15 is 0 Å². The first-order valence-electron chi connectivity index (χ1n) is 14.9. The lowest BCUT2D eigenvalue weighted by atomic mass is 9.84. The fourth-order valence-electron chi connectivity index (χ4n) is 4.91. The van der Waals surface area contributed by atoms with Gasteiger partial charge in [0.2, 0.25) is 11.8 Å². The molecule has 1 aliphatic heterocycles. The number of amides is 3. The zero-order chi connectivity index (χ0) is 31.7. The molecule has 4 unspecified atom stereocenters. The largest absolute Gasteiger partial charge is 0.480 e. The number of aryl methyl sites for hydroxylation is 1. The molecule has 3 rings (SSSR count). The summed E-state index contributed by atoms with van der Waals surface area (Å²) in [6.07, 6.45) is 5.87. The van der Waals surface area contributed by atoms with Crippen molar-refractivity contribution >= 4 is 40.7 Å². The molecule has 4 N–H and O–H groups in total. The molecule has 1 aromatic carbocycles. The van der Waals surface area contributed by atoms with Crippen molar-refractivity contribution in [3.05, 3.63) is 47.7 Å². The van der Waals surface area contributed by atoms with E-state index in [-0.39, 0.29) is 11.8 Å². The van der Waals surface area contributed by atoms with Gasteiger partial charge in [0.25, 0.3) is 5.91 Å². The zero-order valence-corrected chi connectivity index (χ0v) is 26.0. The highest BCUT2D eigenvalue weighted by Gasteiger charge is 2.36. The Kier molecular flexibility index (Phi) is 11.8. The minimum Gasteiger partial charge on any atom is -0.480 e. The van der Waals surface area contributed by atoms with Crippen LogP contribution in [0.2, 0.25) is 0 Å². The summed E-state index contributed by atoms with van der Waals surface area (Å²) >= 11 is 0. The third kappa shape index (κ3) is 8.84. The van der Waals surface area contributed by atoms with Gasteiger partial charge in [-0.25, -0.2) is 5.43 Å². The van der Waals surface area contributed by atoms with Crippen molar-refractivity contribution in [3.63, 3.8) is 0 Å². The average molecular weight is 596 g/mol. The first kappa shape index (κ1) is 33.7. The van der Waals surface area contributed by atoms with E-state index < -0.39 is 41.3 Å². The maximum Gasteiger partial charge on any atom is 0.322 e. The number of carboxylic acids is 1. The Balaban J connectivity index is 1.74. The van der Waals surface area contributed by atoms with Gasteiger partial charge >= 0.3 is 5.97 Å². The van der Waals surface area contributed by atoms with Gasteiger partial charge in [-0.1, -0.05) is 51.1 Å². The van der Waals surface area contributed by atoms with Crippen LogP contribution in [0.15, 0.2) is 36.4 Å². The Bertz CT molecular complexity index is 1340. The van der Waals surface area contributed by atoms with E-state index in [1.165, 1.54) is 5.01 Å². The van der Waals surface area contributed by atoms with E-state index in [2.05, 4.69) is 23.0 Å². The summed E-state index contributed by atoms with van der Waals surface area (Å²) in [5.74, 6) is -2.60. The van der Waals surface area contributed by atoms with Crippen LogP contribution in [0.1, 0.15) is 65.1 Å². The normalized spacial score (nSPS) is 18.3. The molecule has 1 aliphatic rings. The number of carbonyl (C=O) groups is 4. The Morgan fingerprint density at radius 3 is 2.56 bits per heavy atom. The topological polar surface area (TPSA) is 150 Å². The molecule has 234 valence electrons. The van der Waals surface area contributed by atoms with Gasteiger partial charge in [-0.15, -0.1) is 0 Å². The lowest BCUT2D eigenvalue weighted by Crippen LogP contribution is -2.61. The maximum absolute atomic E-state index is 13.7. The van der Waals surface area contributed by atoms with Crippen molar-refractivity contribution in [2.45, 2.75) is 78.4 Å². The van der Waals surface area contributed by atoms with Crippen LogP contribution in [0.5, 0.6) is 0 Å². The molecule has 43 heavy (non-hydrogen) atoms. The number of carboxylic acid groups (broad SMARTS) is 1. The average Bonchev–Trinajstić information content (AvgIpc) is 3.00. The van der Waals surface area contributed by atoms with Crippen LogP contribution < -0.4 is 16.1 Å². The number of hydrogen-bond acceptors (Lipinski definition) is 7. The molecule has 0 aliphatic carbocycles. The highest BCUT2D eigenvalue weighted by atomic mass is 16.5. The first-order chi connectivity index (χ1) is 20.4. The predicted octanol–water partition coefficient (Wildman–Crippen LogP) is 3.08. The number of aliphatic carboxylic acids is 1. The molecular weight excluding hydrogens is 550 g/mol. The smallest absolute Gasteiger partial charge is 0.322 e. The number of ether oxygens (including phenoxy) is 1. The molecule has 3 amide bonds. The molecular formula is C32H45N5O6. The van der Waals surface area contributed by atoms with Crippen LogP contribution in [0, 0.1) is 11.3 Å². The van der Waals surface area contributed by atoms with Gasteiger partial charge < -0.3 is 20.5 Å². The summed E-state index contributed by atoms with van der Waals surface area (Å²) < 4.78 is 5.29. The monoisotopic (exact) mass is 595 g/mol. The predicted molar refractivity (Wildman–Crippen MR) is 165 cm³/mol. The Morgan fingerprint density at radius 1 is 1.19 bits per heavy atom. The molecule has 0 bridgehead atoms. The number of pyridine rings is 1. The van der Waals surface area contributed by atoms with E-state index in [1.54, 1.807) is 21.0 Å². The number of nitrogens with zero attached hydrogens (tertiary/aromatic N) is 2. The van der Waals surface area contributed by atoms with Gasteiger partial charge in [-0.3, -0.25) is 29.2 Å². The van der Waals surface area contributed by atoms with Gasteiger partial charge in [0.1, 0.15) is 18.1 Å². The summed E-state index contributed by atoms with van der Waals surface area (Å²) in [6.45, 7) is 9.70. The minimum atomic E-state index is -1.04. The molecule has 0 spiro atoms. The number of carbonyl (C=O) groups excluding carboxylic acids is 3. The van der Waals surface area contributed by atoms with E-state index in [1.807, 2.05) is 56.3 Å². The van der Waals surface area contributed by atoms with E-state index in [0.29, 0.717) is 32.4 Å². The van der Waals surface area contributed by atoms with E-state index in [0.717, 1.165) is 28.6 Å². The Labute approximate surface area is 253 Å². The van der Waals surface area contributed by atoms with Crippen LogP contribution >= 0.6 is 0 Å². The van der Waals surface area contributed by atoms with E-state index in [4.69, 9.17) is 9.72 Å². The van der Waals surface area contributed by atoms with Crippen molar-refractivity contribution in [2.75, 3.05) is 20.3 Å². The second-order valence-electron chi connectivity index (χ2n) is 11.7. The Morgan fingerprint density at radius 2 is 1.91 bits per heavy atom. The molecule has 1 aromatic heterocycles. The molecule has 0 saturated carbocycles.